The van der Waals surface area contributed by atoms with Crippen LogP contribution in [0.25, 0.3) is 0 Å². The zero-order chi connectivity index (χ0) is 43.5. The number of allylic oxidation sites excluding steroid dienone is 4. The second-order valence-corrected chi connectivity index (χ2v) is 19.9. The minimum absolute atomic E-state index is 0.0953. The van der Waals surface area contributed by atoms with Crippen molar-refractivity contribution in [2.75, 3.05) is 6.61 Å². The number of rotatable bonds is 10. The molecule has 0 spiro atoms. The lowest BCUT2D eigenvalue weighted by atomic mass is 9.39. The molecule has 16 heteroatoms. The molecule has 4 fully saturated rings. The zero-order valence-electron chi connectivity index (χ0n) is 34.9. The van der Waals surface area contributed by atoms with E-state index in [4.69, 9.17) is 18.9 Å². The molecular formula is C42H64O16. The van der Waals surface area contributed by atoms with E-state index in [1.807, 2.05) is 26.8 Å². The Hall–Kier alpha value is -2.19. The fourth-order valence-electron chi connectivity index (χ4n) is 11.6. The minimum atomic E-state index is -2.02. The highest BCUT2D eigenvalue weighted by Crippen LogP contribution is 2.74. The second kappa shape index (κ2) is 15.0. The Morgan fingerprint density at radius 1 is 0.879 bits per heavy atom. The standard InChI is InChI=1S/C42H64O16/c1-18-27(47)29(49)31(51)35(55-18)58-32-30(50)28(48)23(17-43)57-36(32)56-22-14-20-19(38(4,5)34(22)52)10-11-24-39(6)15-21(44)33(40(39,7)16-26(46)41(20,24)8)42(9,54)25(45)12-13-37(2,3)53/h10,14,18,20-21,23-24,27-33,35-36,43-44,47-51,53-54H,11-13,15-17H2,1-9H3. The first kappa shape index (κ1) is 45.3. The van der Waals surface area contributed by atoms with Crippen LogP contribution in [0.3, 0.4) is 0 Å². The number of aliphatic hydroxyl groups excluding tert-OH is 7. The molecule has 0 aromatic heterocycles. The molecule has 2 aliphatic heterocycles. The fraction of sp³-hybridized carbons (Fsp3) is 0.833. The number of ether oxygens (including phenoxy) is 4. The SMILES string of the molecule is CC1OC(OC2C(OC3=CC4C(=CCC5C4(C)C(=O)CC4(C)C(C(C)(O)C(=O)CCC(C)(C)O)C(O)CC54C)C(C)(C)C3=O)OC(CO)C(O)C2O)C(O)C(O)C1O. The number of hydrogen-bond donors (Lipinski definition) is 9. The monoisotopic (exact) mass is 824 g/mol. The maximum atomic E-state index is 15.0. The van der Waals surface area contributed by atoms with Crippen LogP contribution in [0.2, 0.25) is 0 Å². The van der Waals surface area contributed by atoms with Crippen LogP contribution in [-0.4, -0.2) is 149 Å². The van der Waals surface area contributed by atoms with Crippen molar-refractivity contribution in [1.29, 1.82) is 0 Å². The van der Waals surface area contributed by atoms with E-state index in [1.165, 1.54) is 19.9 Å². The second-order valence-electron chi connectivity index (χ2n) is 19.9. The van der Waals surface area contributed by atoms with E-state index in [9.17, 15) is 60.3 Å². The van der Waals surface area contributed by atoms with E-state index in [0.717, 1.165) is 0 Å². The predicted octanol–water partition coefficient (Wildman–Crippen LogP) is -0.0463. The van der Waals surface area contributed by atoms with E-state index < -0.39 is 136 Å². The first-order valence-corrected chi connectivity index (χ1v) is 20.4. The molecule has 58 heavy (non-hydrogen) atoms. The topological polar surface area (TPSA) is 270 Å². The van der Waals surface area contributed by atoms with Gasteiger partial charge in [-0.3, -0.25) is 14.4 Å². The average Bonchev–Trinajstić information content (AvgIpc) is 3.34. The molecule has 2 heterocycles. The van der Waals surface area contributed by atoms with Gasteiger partial charge in [-0.15, -0.1) is 0 Å². The number of hydrogen-bond acceptors (Lipinski definition) is 16. The molecule has 16 nitrogen and oxygen atoms in total. The van der Waals surface area contributed by atoms with Crippen molar-refractivity contribution < 1.29 is 79.3 Å². The van der Waals surface area contributed by atoms with Gasteiger partial charge in [-0.2, -0.15) is 0 Å². The van der Waals surface area contributed by atoms with Gasteiger partial charge in [-0.1, -0.05) is 32.4 Å². The first-order valence-electron chi connectivity index (χ1n) is 20.4. The Kier molecular flexibility index (Phi) is 11.7. The summed E-state index contributed by atoms with van der Waals surface area (Å²) in [6.07, 6.45) is -13.2. The largest absolute Gasteiger partial charge is 0.459 e. The molecule has 0 aromatic rings. The van der Waals surface area contributed by atoms with Gasteiger partial charge in [0.2, 0.25) is 12.1 Å². The van der Waals surface area contributed by atoms with Crippen LogP contribution in [0.5, 0.6) is 0 Å². The van der Waals surface area contributed by atoms with Crippen LogP contribution >= 0.6 is 0 Å². The number of Topliss-reactive ketones (excluding diaryl/α,β-unsaturated/α-hetero) is 3. The lowest BCUT2D eigenvalue weighted by Crippen LogP contribution is -2.65. The molecule has 9 N–H and O–H groups in total. The molecule has 0 bridgehead atoms. The summed E-state index contributed by atoms with van der Waals surface area (Å²) in [5, 5.41) is 97.4. The van der Waals surface area contributed by atoms with Crippen LogP contribution in [0, 0.1) is 39.4 Å². The third-order valence-corrected chi connectivity index (χ3v) is 15.3. The Bertz CT molecular complexity index is 1700. The number of carbonyl (C=O) groups excluding carboxylic acids is 3. The maximum Gasteiger partial charge on any atom is 0.229 e. The molecule has 0 radical (unpaired) electrons. The van der Waals surface area contributed by atoms with Crippen LogP contribution < -0.4 is 0 Å². The molecule has 0 aromatic carbocycles. The third kappa shape index (κ3) is 6.87. The summed E-state index contributed by atoms with van der Waals surface area (Å²) >= 11 is 0. The Morgan fingerprint density at radius 2 is 1.52 bits per heavy atom. The van der Waals surface area contributed by atoms with Crippen LogP contribution in [0.1, 0.15) is 94.4 Å². The lowest BCUT2D eigenvalue weighted by molar-refractivity contribution is -0.360. The molecule has 18 atom stereocenters. The summed E-state index contributed by atoms with van der Waals surface area (Å²) in [6.45, 7) is 14.3. The van der Waals surface area contributed by atoms with Gasteiger partial charge >= 0.3 is 0 Å². The van der Waals surface area contributed by atoms with Crippen molar-refractivity contribution in [3.8, 4) is 0 Å². The van der Waals surface area contributed by atoms with Gasteiger partial charge in [0.1, 0.15) is 48.0 Å². The van der Waals surface area contributed by atoms with Crippen molar-refractivity contribution >= 4 is 17.3 Å². The van der Waals surface area contributed by atoms with Crippen molar-refractivity contribution in [3.05, 3.63) is 23.5 Å². The average molecular weight is 825 g/mol. The molecule has 4 aliphatic carbocycles. The molecular weight excluding hydrogens is 760 g/mol. The molecule has 2 saturated carbocycles. The van der Waals surface area contributed by atoms with Crippen LogP contribution in [0.15, 0.2) is 23.5 Å². The third-order valence-electron chi connectivity index (χ3n) is 15.3. The van der Waals surface area contributed by atoms with E-state index in [2.05, 4.69) is 0 Å². The minimum Gasteiger partial charge on any atom is -0.459 e. The smallest absolute Gasteiger partial charge is 0.229 e. The maximum absolute atomic E-state index is 15.0. The number of carbonyl (C=O) groups is 3. The summed E-state index contributed by atoms with van der Waals surface area (Å²) in [6, 6.07) is 0. The van der Waals surface area contributed by atoms with Crippen molar-refractivity contribution in [2.24, 2.45) is 39.4 Å². The summed E-state index contributed by atoms with van der Waals surface area (Å²) < 4.78 is 23.6. The zero-order valence-corrected chi connectivity index (χ0v) is 34.9. The van der Waals surface area contributed by atoms with Crippen LogP contribution in [0.4, 0.5) is 0 Å². The molecule has 6 rings (SSSR count). The summed E-state index contributed by atoms with van der Waals surface area (Å²) in [7, 11) is 0. The van der Waals surface area contributed by atoms with Crippen molar-refractivity contribution in [3.63, 3.8) is 0 Å². The Balaban J connectivity index is 1.36. The molecule has 328 valence electrons. The molecule has 18 unspecified atom stereocenters. The van der Waals surface area contributed by atoms with Gasteiger partial charge in [-0.05, 0) is 83.6 Å². The lowest BCUT2D eigenvalue weighted by Gasteiger charge is -2.63. The van der Waals surface area contributed by atoms with Crippen molar-refractivity contribution in [2.45, 2.75) is 173 Å². The highest BCUT2D eigenvalue weighted by atomic mass is 16.8. The first-order chi connectivity index (χ1) is 26.6. The van der Waals surface area contributed by atoms with E-state index >= 15 is 0 Å². The normalized spacial score (nSPS) is 47.6. The quantitative estimate of drug-likeness (QED) is 0.131. The van der Waals surface area contributed by atoms with E-state index in [-0.39, 0.29) is 37.2 Å². The Labute approximate surface area is 338 Å². The van der Waals surface area contributed by atoms with Crippen molar-refractivity contribution in [1.82, 2.24) is 0 Å². The number of fused-ring (bicyclic) bond motifs is 5. The fourth-order valence-corrected chi connectivity index (χ4v) is 11.6. The van der Waals surface area contributed by atoms with Gasteiger partial charge in [0.05, 0.1) is 29.8 Å². The number of ketones is 3. The highest BCUT2D eigenvalue weighted by Gasteiger charge is 2.74. The molecule has 2 saturated heterocycles. The Morgan fingerprint density at radius 3 is 2.12 bits per heavy atom. The van der Waals surface area contributed by atoms with Crippen LogP contribution in [-0.2, 0) is 33.3 Å². The van der Waals surface area contributed by atoms with E-state index in [0.29, 0.717) is 12.0 Å². The highest BCUT2D eigenvalue weighted by molar-refractivity contribution is 6.02. The summed E-state index contributed by atoms with van der Waals surface area (Å²) in [4.78, 5) is 42.9. The van der Waals surface area contributed by atoms with Gasteiger partial charge in [0.15, 0.2) is 23.9 Å². The van der Waals surface area contributed by atoms with Gasteiger partial charge in [0, 0.05) is 30.1 Å². The van der Waals surface area contributed by atoms with E-state index in [1.54, 1.807) is 27.7 Å². The molecule has 0 amide bonds. The van der Waals surface area contributed by atoms with Gasteiger partial charge in [0.25, 0.3) is 0 Å². The summed E-state index contributed by atoms with van der Waals surface area (Å²) in [5.74, 6) is -3.67. The molecule has 6 aliphatic rings. The predicted molar refractivity (Wildman–Crippen MR) is 202 cm³/mol. The van der Waals surface area contributed by atoms with Gasteiger partial charge < -0.3 is 64.9 Å². The van der Waals surface area contributed by atoms with Gasteiger partial charge in [-0.25, -0.2) is 0 Å². The summed E-state index contributed by atoms with van der Waals surface area (Å²) in [5.41, 5.74) is -6.77. The number of aliphatic hydroxyl groups is 9.